The highest BCUT2D eigenvalue weighted by Gasteiger charge is 2.18. The minimum absolute atomic E-state index is 0.00313. The highest BCUT2D eigenvalue weighted by Crippen LogP contribution is 2.24. The summed E-state index contributed by atoms with van der Waals surface area (Å²) in [4.78, 5) is 0.979. The van der Waals surface area contributed by atoms with Crippen LogP contribution in [0.15, 0.2) is 34.5 Å². The van der Waals surface area contributed by atoms with Crippen LogP contribution in [0.2, 0.25) is 5.02 Å². The average Bonchev–Trinajstić information content (AvgIpc) is 2.75. The molecule has 1 aromatic heterocycles. The molecule has 0 aliphatic heterocycles. The lowest BCUT2D eigenvalue weighted by Crippen LogP contribution is -2.23. The number of thiophene rings is 1. The highest BCUT2D eigenvalue weighted by atomic mass is 35.5. The lowest BCUT2D eigenvalue weighted by molar-refractivity contribution is 0.582. The molecule has 2 rings (SSSR count). The van der Waals surface area contributed by atoms with Gasteiger partial charge in [-0.15, -0.1) is 11.3 Å². The normalized spacial score (nSPS) is 11.7. The maximum Gasteiger partial charge on any atom is 0.242 e. The zero-order valence-corrected chi connectivity index (χ0v) is 12.6. The molecule has 19 heavy (non-hydrogen) atoms. The van der Waals surface area contributed by atoms with Crippen LogP contribution in [-0.2, 0) is 16.6 Å². The third kappa shape index (κ3) is 3.27. The van der Waals surface area contributed by atoms with E-state index in [4.69, 9.17) is 17.3 Å². The summed E-state index contributed by atoms with van der Waals surface area (Å²) in [6.45, 7) is 2.19. The van der Waals surface area contributed by atoms with Gasteiger partial charge in [-0.25, -0.2) is 13.1 Å². The van der Waals surface area contributed by atoms with Gasteiger partial charge in [0.2, 0.25) is 10.0 Å². The van der Waals surface area contributed by atoms with E-state index in [2.05, 4.69) is 4.72 Å². The lowest BCUT2D eigenvalue weighted by atomic mass is 10.3. The first-order valence-corrected chi connectivity index (χ1v) is 8.22. The largest absolute Gasteiger partial charge is 0.399 e. The summed E-state index contributed by atoms with van der Waals surface area (Å²) in [5.74, 6) is 0. The Morgan fingerprint density at radius 2 is 2.11 bits per heavy atom. The van der Waals surface area contributed by atoms with Gasteiger partial charge in [-0.3, -0.25) is 0 Å². The van der Waals surface area contributed by atoms with Crippen LogP contribution in [0, 0.1) is 6.92 Å². The van der Waals surface area contributed by atoms with E-state index in [-0.39, 0.29) is 16.5 Å². The van der Waals surface area contributed by atoms with E-state index in [1.165, 1.54) is 23.5 Å². The van der Waals surface area contributed by atoms with Gasteiger partial charge in [0, 0.05) is 17.1 Å². The molecule has 102 valence electrons. The van der Waals surface area contributed by atoms with Crippen LogP contribution in [0.1, 0.15) is 10.4 Å². The Kier molecular flexibility index (Phi) is 4.15. The third-order valence-corrected chi connectivity index (χ3v) is 5.54. The maximum absolute atomic E-state index is 12.2. The standard InChI is InChI=1S/C12H13ClN2O2S2/c1-8-4-5-18-11(8)7-15-19(16,17)12-6-9(14)2-3-10(12)13/h2-6,15H,7,14H2,1H3. The number of anilines is 1. The van der Waals surface area contributed by atoms with Crippen LogP contribution in [0.5, 0.6) is 0 Å². The van der Waals surface area contributed by atoms with Gasteiger partial charge >= 0.3 is 0 Å². The van der Waals surface area contributed by atoms with E-state index in [1.807, 2.05) is 18.4 Å². The Morgan fingerprint density at radius 1 is 1.37 bits per heavy atom. The molecule has 0 fully saturated rings. The first kappa shape index (κ1) is 14.3. The maximum atomic E-state index is 12.2. The minimum atomic E-state index is -3.66. The first-order valence-electron chi connectivity index (χ1n) is 5.48. The predicted octanol–water partition coefficient (Wildman–Crippen LogP) is 2.77. The second-order valence-corrected chi connectivity index (χ2v) is 7.18. The molecule has 0 saturated heterocycles. The van der Waals surface area contributed by atoms with Gasteiger partial charge in [-0.1, -0.05) is 11.6 Å². The topological polar surface area (TPSA) is 72.2 Å². The van der Waals surface area contributed by atoms with Crippen molar-refractivity contribution < 1.29 is 8.42 Å². The summed E-state index contributed by atoms with van der Waals surface area (Å²) < 4.78 is 26.9. The van der Waals surface area contributed by atoms with Crippen LogP contribution in [-0.4, -0.2) is 8.42 Å². The molecule has 7 heteroatoms. The van der Waals surface area contributed by atoms with Crippen molar-refractivity contribution in [2.45, 2.75) is 18.4 Å². The smallest absolute Gasteiger partial charge is 0.242 e. The number of halogens is 1. The Bertz CT molecular complexity index is 696. The lowest BCUT2D eigenvalue weighted by Gasteiger charge is -2.08. The van der Waals surface area contributed by atoms with Gasteiger partial charge in [-0.05, 0) is 42.1 Å². The van der Waals surface area contributed by atoms with E-state index >= 15 is 0 Å². The zero-order valence-electron chi connectivity index (χ0n) is 10.2. The van der Waals surface area contributed by atoms with E-state index in [9.17, 15) is 8.42 Å². The monoisotopic (exact) mass is 316 g/mol. The molecule has 0 aliphatic rings. The molecule has 2 aromatic rings. The summed E-state index contributed by atoms with van der Waals surface area (Å²) in [7, 11) is -3.66. The van der Waals surface area contributed by atoms with Crippen LogP contribution in [0.25, 0.3) is 0 Å². The second-order valence-electron chi connectivity index (χ2n) is 4.04. The molecule has 0 amide bonds. The summed E-state index contributed by atoms with van der Waals surface area (Å²) in [6.07, 6.45) is 0. The predicted molar refractivity (Wildman–Crippen MR) is 78.9 cm³/mol. The van der Waals surface area contributed by atoms with Gasteiger partial charge in [-0.2, -0.15) is 0 Å². The molecule has 0 unspecified atom stereocenters. The molecule has 0 spiro atoms. The van der Waals surface area contributed by atoms with Crippen molar-refractivity contribution in [3.8, 4) is 0 Å². The van der Waals surface area contributed by atoms with E-state index < -0.39 is 10.0 Å². The Morgan fingerprint density at radius 3 is 2.74 bits per heavy atom. The Labute approximate surface area is 121 Å². The van der Waals surface area contributed by atoms with Gasteiger partial charge in [0.05, 0.1) is 5.02 Å². The molecule has 3 N–H and O–H groups in total. The fourth-order valence-electron chi connectivity index (χ4n) is 1.55. The number of hydrogen-bond acceptors (Lipinski definition) is 4. The summed E-state index contributed by atoms with van der Waals surface area (Å²) in [6, 6.07) is 6.33. The molecular weight excluding hydrogens is 304 g/mol. The van der Waals surface area contributed by atoms with Crippen molar-refractivity contribution in [3.05, 3.63) is 45.1 Å². The average molecular weight is 317 g/mol. The van der Waals surface area contributed by atoms with Crippen molar-refractivity contribution >= 4 is 38.6 Å². The minimum Gasteiger partial charge on any atom is -0.399 e. The van der Waals surface area contributed by atoms with E-state index in [0.29, 0.717) is 5.69 Å². The first-order chi connectivity index (χ1) is 8.90. The van der Waals surface area contributed by atoms with E-state index in [0.717, 1.165) is 10.4 Å². The molecule has 0 atom stereocenters. The number of hydrogen-bond donors (Lipinski definition) is 2. The summed E-state index contributed by atoms with van der Waals surface area (Å²) >= 11 is 7.41. The number of rotatable bonds is 4. The van der Waals surface area contributed by atoms with Crippen LogP contribution in [0.4, 0.5) is 5.69 Å². The van der Waals surface area contributed by atoms with Gasteiger partial charge < -0.3 is 5.73 Å². The fraction of sp³-hybridized carbons (Fsp3) is 0.167. The summed E-state index contributed by atoms with van der Waals surface area (Å²) in [5.41, 5.74) is 7.01. The molecule has 0 aliphatic carbocycles. The molecule has 1 heterocycles. The number of nitrogens with two attached hydrogens (primary N) is 1. The van der Waals surface area contributed by atoms with Crippen LogP contribution < -0.4 is 10.5 Å². The molecule has 4 nitrogen and oxygen atoms in total. The number of nitrogen functional groups attached to an aromatic ring is 1. The third-order valence-electron chi connectivity index (χ3n) is 2.64. The SMILES string of the molecule is Cc1ccsc1CNS(=O)(=O)c1cc(N)ccc1Cl. The highest BCUT2D eigenvalue weighted by molar-refractivity contribution is 7.89. The molecule has 1 aromatic carbocycles. The van der Waals surface area contributed by atoms with Gasteiger partial charge in [0.25, 0.3) is 0 Å². The number of benzene rings is 1. The van der Waals surface area contributed by atoms with Crippen molar-refractivity contribution in [3.63, 3.8) is 0 Å². The quantitative estimate of drug-likeness (QED) is 0.852. The second kappa shape index (κ2) is 5.50. The van der Waals surface area contributed by atoms with Gasteiger partial charge in [0.15, 0.2) is 0 Å². The Hall–Kier alpha value is -1.08. The molecular formula is C12H13ClN2O2S2. The van der Waals surface area contributed by atoms with E-state index in [1.54, 1.807) is 6.07 Å². The van der Waals surface area contributed by atoms with Crippen LogP contribution >= 0.6 is 22.9 Å². The number of sulfonamides is 1. The van der Waals surface area contributed by atoms with Crippen molar-refractivity contribution in [1.82, 2.24) is 4.72 Å². The van der Waals surface area contributed by atoms with Crippen LogP contribution in [0.3, 0.4) is 0 Å². The molecule has 0 saturated carbocycles. The molecule has 0 bridgehead atoms. The van der Waals surface area contributed by atoms with Crippen molar-refractivity contribution in [2.75, 3.05) is 5.73 Å². The Balaban J connectivity index is 2.23. The number of aryl methyl sites for hydroxylation is 1. The summed E-state index contributed by atoms with van der Waals surface area (Å²) in [5, 5.41) is 2.08. The zero-order chi connectivity index (χ0) is 14.0. The van der Waals surface area contributed by atoms with Gasteiger partial charge in [0.1, 0.15) is 4.90 Å². The van der Waals surface area contributed by atoms with Crippen molar-refractivity contribution in [2.24, 2.45) is 0 Å². The fourth-order valence-corrected chi connectivity index (χ4v) is 4.01. The number of nitrogens with one attached hydrogen (secondary N) is 1. The van der Waals surface area contributed by atoms with Crippen molar-refractivity contribution in [1.29, 1.82) is 0 Å². The molecule has 0 radical (unpaired) electrons.